The summed E-state index contributed by atoms with van der Waals surface area (Å²) < 4.78 is 39.2. The number of halogens is 2. The first kappa shape index (κ1) is 20.3. The molecule has 8 heteroatoms. The van der Waals surface area contributed by atoms with Crippen LogP contribution in [0.2, 0.25) is 5.02 Å². The van der Waals surface area contributed by atoms with Crippen molar-refractivity contribution in [2.24, 2.45) is 0 Å². The normalized spacial score (nSPS) is 18.2. The number of rotatable bonds is 4. The van der Waals surface area contributed by atoms with E-state index in [9.17, 15) is 17.6 Å². The van der Waals surface area contributed by atoms with Crippen LogP contribution in [-0.2, 0) is 16.4 Å². The van der Waals surface area contributed by atoms with E-state index in [-0.39, 0.29) is 24.0 Å². The fourth-order valence-corrected chi connectivity index (χ4v) is 6.94. The van der Waals surface area contributed by atoms with Gasteiger partial charge in [0.15, 0.2) is 9.84 Å². The van der Waals surface area contributed by atoms with Gasteiger partial charge in [0.2, 0.25) is 0 Å². The third-order valence-corrected chi connectivity index (χ3v) is 8.58. The number of benzene rings is 2. The van der Waals surface area contributed by atoms with E-state index in [1.165, 1.54) is 22.3 Å². The highest BCUT2D eigenvalue weighted by Crippen LogP contribution is 2.37. The molecule has 2 heterocycles. The maximum Gasteiger partial charge on any atom is 0.266 e. The van der Waals surface area contributed by atoms with Crippen LogP contribution < -0.4 is 0 Å². The topological polar surface area (TPSA) is 54.5 Å². The molecule has 3 aromatic rings. The molecule has 2 aromatic carbocycles. The lowest BCUT2D eigenvalue weighted by Gasteiger charge is -2.28. The molecule has 1 saturated heterocycles. The maximum absolute atomic E-state index is 14.3. The molecule has 0 unspecified atom stereocenters. The second-order valence-electron chi connectivity index (χ2n) is 7.33. The van der Waals surface area contributed by atoms with Gasteiger partial charge in [0.05, 0.1) is 16.5 Å². The molecule has 1 aliphatic heterocycles. The molecule has 152 valence electrons. The number of thiophene rings is 1. The number of fused-ring (bicyclic) bond motifs is 1. The lowest BCUT2D eigenvalue weighted by molar-refractivity contribution is 0.0684. The van der Waals surface area contributed by atoms with E-state index in [4.69, 9.17) is 11.6 Å². The maximum atomic E-state index is 14.3. The van der Waals surface area contributed by atoms with Gasteiger partial charge in [-0.15, -0.1) is 11.3 Å². The zero-order valence-corrected chi connectivity index (χ0v) is 18.1. The molecule has 0 saturated carbocycles. The second-order valence-corrected chi connectivity index (χ2v) is 11.0. The van der Waals surface area contributed by atoms with Gasteiger partial charge in [0, 0.05) is 28.2 Å². The summed E-state index contributed by atoms with van der Waals surface area (Å²) in [5, 5.41) is 1.14. The predicted molar refractivity (Wildman–Crippen MR) is 115 cm³/mol. The Labute approximate surface area is 177 Å². The molecule has 1 aliphatic rings. The predicted octanol–water partition coefficient (Wildman–Crippen LogP) is 4.83. The van der Waals surface area contributed by atoms with E-state index in [1.54, 1.807) is 18.2 Å². The van der Waals surface area contributed by atoms with Crippen molar-refractivity contribution in [3.05, 3.63) is 69.3 Å². The van der Waals surface area contributed by atoms with E-state index in [2.05, 4.69) is 0 Å². The Bertz CT molecular complexity index is 1210. The number of sulfone groups is 1. The molecule has 0 spiro atoms. The van der Waals surface area contributed by atoms with E-state index in [0.29, 0.717) is 21.9 Å². The minimum Gasteiger partial charge on any atom is -0.329 e. The summed E-state index contributed by atoms with van der Waals surface area (Å²) in [6.07, 6.45) is 0.337. The van der Waals surface area contributed by atoms with E-state index >= 15 is 0 Å². The van der Waals surface area contributed by atoms with Crippen molar-refractivity contribution in [2.75, 3.05) is 11.5 Å². The number of hydrogen-bond acceptors (Lipinski definition) is 4. The molecule has 0 N–H and O–H groups in total. The number of carbonyl (C=O) groups is 1. The van der Waals surface area contributed by atoms with Crippen LogP contribution in [0.3, 0.4) is 0 Å². The van der Waals surface area contributed by atoms with Crippen molar-refractivity contribution in [2.45, 2.75) is 25.9 Å². The first-order valence-corrected chi connectivity index (χ1v) is 12.2. The van der Waals surface area contributed by atoms with Crippen molar-refractivity contribution in [3.63, 3.8) is 0 Å². The zero-order chi connectivity index (χ0) is 20.8. The largest absolute Gasteiger partial charge is 0.329 e. The van der Waals surface area contributed by atoms with Gasteiger partial charge in [0.1, 0.15) is 10.7 Å². The van der Waals surface area contributed by atoms with E-state index < -0.39 is 21.7 Å². The van der Waals surface area contributed by atoms with Crippen LogP contribution in [0.4, 0.5) is 4.39 Å². The van der Waals surface area contributed by atoms with Crippen molar-refractivity contribution >= 4 is 48.8 Å². The highest BCUT2D eigenvalue weighted by atomic mass is 35.5. The quantitative estimate of drug-likeness (QED) is 0.570. The summed E-state index contributed by atoms with van der Waals surface area (Å²) in [5.41, 5.74) is 1.40. The first-order chi connectivity index (χ1) is 13.7. The second kappa shape index (κ2) is 7.70. The van der Waals surface area contributed by atoms with E-state index in [1.807, 2.05) is 25.1 Å². The lowest BCUT2D eigenvalue weighted by atomic mass is 10.1. The van der Waals surface area contributed by atoms with Gasteiger partial charge in [0.25, 0.3) is 5.91 Å². The molecular formula is C21H19ClFNO3S2. The first-order valence-electron chi connectivity index (χ1n) is 9.18. The van der Waals surface area contributed by atoms with Gasteiger partial charge in [-0.2, -0.15) is 0 Å². The average molecular weight is 452 g/mol. The molecule has 1 aromatic heterocycles. The molecule has 0 radical (unpaired) electrons. The molecule has 4 nitrogen and oxygen atoms in total. The molecule has 29 heavy (non-hydrogen) atoms. The van der Waals surface area contributed by atoms with Crippen molar-refractivity contribution in [1.29, 1.82) is 0 Å². The Balaban J connectivity index is 1.75. The number of aryl methyl sites for hydroxylation is 1. The lowest BCUT2D eigenvalue weighted by Crippen LogP contribution is -2.40. The summed E-state index contributed by atoms with van der Waals surface area (Å²) in [5.74, 6) is -0.879. The van der Waals surface area contributed by atoms with Crippen LogP contribution in [-0.4, -0.2) is 36.8 Å². The van der Waals surface area contributed by atoms with Crippen LogP contribution in [0, 0.1) is 12.7 Å². The van der Waals surface area contributed by atoms with Gasteiger partial charge in [-0.3, -0.25) is 4.79 Å². The molecule has 0 aliphatic carbocycles. The highest BCUT2D eigenvalue weighted by molar-refractivity contribution is 7.91. The summed E-state index contributed by atoms with van der Waals surface area (Å²) in [6.45, 7) is 1.96. The van der Waals surface area contributed by atoms with Gasteiger partial charge < -0.3 is 4.90 Å². The molecule has 0 bridgehead atoms. The Hall–Kier alpha value is -1.96. The summed E-state index contributed by atoms with van der Waals surface area (Å²) in [7, 11) is -3.22. The van der Waals surface area contributed by atoms with Crippen molar-refractivity contribution in [3.8, 4) is 0 Å². The number of carbonyl (C=O) groups excluding carboxylic acids is 1. The average Bonchev–Trinajstić information content (AvgIpc) is 3.19. The number of hydrogen-bond donors (Lipinski definition) is 0. The fourth-order valence-electron chi connectivity index (χ4n) is 3.64. The highest BCUT2D eigenvalue weighted by Gasteiger charge is 2.36. The molecular weight excluding hydrogens is 433 g/mol. The molecule has 1 atom stereocenters. The van der Waals surface area contributed by atoms with E-state index in [0.717, 1.165) is 15.6 Å². The van der Waals surface area contributed by atoms with Crippen LogP contribution in [0.5, 0.6) is 0 Å². The van der Waals surface area contributed by atoms with Crippen LogP contribution in [0.25, 0.3) is 10.1 Å². The number of nitrogens with zero attached hydrogens (tertiary/aromatic N) is 1. The van der Waals surface area contributed by atoms with Crippen molar-refractivity contribution < 1.29 is 17.6 Å². The van der Waals surface area contributed by atoms with Gasteiger partial charge in [-0.25, -0.2) is 12.8 Å². The Morgan fingerprint density at radius 3 is 2.72 bits per heavy atom. The summed E-state index contributed by atoms with van der Waals surface area (Å²) in [6, 6.07) is 11.5. The Morgan fingerprint density at radius 1 is 1.28 bits per heavy atom. The summed E-state index contributed by atoms with van der Waals surface area (Å²) >= 11 is 7.80. The van der Waals surface area contributed by atoms with Gasteiger partial charge in [-0.1, -0.05) is 41.9 Å². The third kappa shape index (κ3) is 4.04. The molecule has 1 amide bonds. The Kier molecular flexibility index (Phi) is 5.40. The minimum atomic E-state index is -3.22. The van der Waals surface area contributed by atoms with Gasteiger partial charge >= 0.3 is 0 Å². The summed E-state index contributed by atoms with van der Waals surface area (Å²) in [4.78, 5) is 15.3. The van der Waals surface area contributed by atoms with Crippen LogP contribution >= 0.6 is 22.9 Å². The molecule has 1 fully saturated rings. The smallest absolute Gasteiger partial charge is 0.266 e. The number of amides is 1. The monoisotopic (exact) mass is 451 g/mol. The SMILES string of the molecule is Cc1ccc2c(Cl)c(C(=O)N(Cc3ccccc3F)[C@H]3CCS(=O)(=O)C3)sc2c1. The molecule has 4 rings (SSSR count). The van der Waals surface area contributed by atoms with Gasteiger partial charge in [-0.05, 0) is 31.0 Å². The minimum absolute atomic E-state index is 0.00467. The fraction of sp³-hybridized carbons (Fsp3) is 0.286. The Morgan fingerprint density at radius 2 is 2.03 bits per heavy atom. The van der Waals surface area contributed by atoms with Crippen LogP contribution in [0.1, 0.15) is 27.2 Å². The third-order valence-electron chi connectivity index (χ3n) is 5.19. The standard InChI is InChI=1S/C21H19ClFNO3S2/c1-13-6-7-16-18(10-13)28-20(19(16)22)21(25)24(15-8-9-29(26,27)12-15)11-14-4-2-3-5-17(14)23/h2-7,10,15H,8-9,11-12H2,1H3/t15-/m0/s1. The van der Waals surface area contributed by atoms with Crippen LogP contribution in [0.15, 0.2) is 42.5 Å². The van der Waals surface area contributed by atoms with Crippen molar-refractivity contribution in [1.82, 2.24) is 4.90 Å². The zero-order valence-electron chi connectivity index (χ0n) is 15.7.